The number of nitrogens with zero attached hydrogens (tertiary/aromatic N) is 1. The molecule has 1 heterocycles. The van der Waals surface area contributed by atoms with Crippen LogP contribution in [0.4, 0.5) is 0 Å². The maximum absolute atomic E-state index is 12.7. The Kier molecular flexibility index (Phi) is 9.48. The molecule has 0 spiro atoms. The van der Waals surface area contributed by atoms with Gasteiger partial charge in [0.1, 0.15) is 0 Å². The maximum atomic E-state index is 12.7. The van der Waals surface area contributed by atoms with Gasteiger partial charge in [0.05, 0.1) is 4.90 Å². The Hall–Kier alpha value is -2.23. The largest absolute Gasteiger partial charge is 0.381 e. The Morgan fingerprint density at radius 1 is 1.17 bits per heavy atom. The zero-order valence-corrected chi connectivity index (χ0v) is 18.2. The third-order valence-corrected chi connectivity index (χ3v) is 7.01. The summed E-state index contributed by atoms with van der Waals surface area (Å²) in [7, 11) is -2.17. The van der Waals surface area contributed by atoms with Crippen molar-refractivity contribution in [2.45, 2.75) is 30.6 Å². The van der Waals surface area contributed by atoms with E-state index in [4.69, 9.17) is 4.74 Å². The first kappa shape index (κ1) is 24.0. The summed E-state index contributed by atoms with van der Waals surface area (Å²) in [4.78, 5) is 23.5. The van der Waals surface area contributed by atoms with Crippen molar-refractivity contribution < 1.29 is 22.7 Å². The summed E-state index contributed by atoms with van der Waals surface area (Å²) in [6, 6.07) is 5.93. The first-order valence-corrected chi connectivity index (χ1v) is 11.6. The van der Waals surface area contributed by atoms with Gasteiger partial charge in [-0.15, -0.1) is 0 Å². The van der Waals surface area contributed by atoms with Crippen molar-refractivity contribution in [1.82, 2.24) is 14.9 Å². The molecule has 0 unspecified atom stereocenters. The van der Waals surface area contributed by atoms with Gasteiger partial charge in [-0.2, -0.15) is 0 Å². The van der Waals surface area contributed by atoms with E-state index < -0.39 is 10.0 Å². The molecule has 1 fully saturated rings. The monoisotopic (exact) mass is 437 g/mol. The molecule has 1 aliphatic heterocycles. The van der Waals surface area contributed by atoms with E-state index >= 15 is 0 Å². The van der Waals surface area contributed by atoms with E-state index in [-0.39, 0.29) is 23.3 Å². The molecule has 30 heavy (non-hydrogen) atoms. The number of hydrogen-bond donors (Lipinski definition) is 2. The topological polar surface area (TPSA) is 105 Å². The van der Waals surface area contributed by atoms with Crippen LogP contribution in [0.5, 0.6) is 0 Å². The third kappa shape index (κ3) is 7.23. The van der Waals surface area contributed by atoms with Crippen LogP contribution >= 0.6 is 0 Å². The highest BCUT2D eigenvalue weighted by atomic mass is 32.2. The lowest BCUT2D eigenvalue weighted by Crippen LogP contribution is -2.31. The Balaban J connectivity index is 1.82. The smallest absolute Gasteiger partial charge is 0.251 e. The average molecular weight is 438 g/mol. The Labute approximate surface area is 178 Å². The number of carbonyl (C=O) groups excluding carboxylic acids is 2. The first-order chi connectivity index (χ1) is 14.3. The molecule has 9 heteroatoms. The van der Waals surface area contributed by atoms with Gasteiger partial charge in [0, 0.05) is 45.5 Å². The Bertz CT molecular complexity index is 818. The normalized spacial score (nSPS) is 15.0. The lowest BCUT2D eigenvalue weighted by atomic mass is 9.97. The van der Waals surface area contributed by atoms with Crippen molar-refractivity contribution in [3.05, 3.63) is 42.5 Å². The molecule has 2 N–H and O–H groups in total. The number of hydrogen-bond acceptors (Lipinski definition) is 5. The van der Waals surface area contributed by atoms with Gasteiger partial charge in [0.2, 0.25) is 15.9 Å². The molecular formula is C21H31N3O5S. The third-order valence-electron chi connectivity index (χ3n) is 5.14. The fourth-order valence-corrected chi connectivity index (χ4v) is 4.40. The number of nitrogens with one attached hydrogen (secondary N) is 2. The van der Waals surface area contributed by atoms with Gasteiger partial charge in [-0.25, -0.2) is 12.7 Å². The standard InChI is InChI=1S/C21H31N3O5S/c1-3-20(25)22-12-4-14-24(2)30(27,28)19-7-5-18(6-8-19)21(26)23-13-9-17-10-15-29-16-11-17/h3,5-8,17H,1,4,9-16H2,2H3,(H,22,25)(H,23,26). The second-order valence-corrected chi connectivity index (χ2v) is 9.34. The molecule has 0 saturated carbocycles. The van der Waals surface area contributed by atoms with Crippen LogP contribution < -0.4 is 10.6 Å². The molecule has 2 rings (SSSR count). The van der Waals surface area contributed by atoms with E-state index in [0.29, 0.717) is 31.0 Å². The summed E-state index contributed by atoms with van der Waals surface area (Å²) in [5.74, 6) is 0.0756. The molecule has 1 saturated heterocycles. The molecule has 0 atom stereocenters. The van der Waals surface area contributed by atoms with Crippen molar-refractivity contribution in [3.8, 4) is 0 Å². The van der Waals surface area contributed by atoms with Crippen LogP contribution in [0, 0.1) is 5.92 Å². The van der Waals surface area contributed by atoms with E-state index in [1.165, 1.54) is 41.7 Å². The van der Waals surface area contributed by atoms with Crippen LogP contribution in [-0.2, 0) is 19.6 Å². The van der Waals surface area contributed by atoms with Crippen molar-refractivity contribution in [1.29, 1.82) is 0 Å². The van der Waals surface area contributed by atoms with Gasteiger partial charge in [-0.05, 0) is 61.9 Å². The summed E-state index contributed by atoms with van der Waals surface area (Å²) < 4.78 is 31.9. The zero-order chi connectivity index (χ0) is 22.0. The van der Waals surface area contributed by atoms with Gasteiger partial charge >= 0.3 is 0 Å². The average Bonchev–Trinajstić information content (AvgIpc) is 2.77. The number of rotatable bonds is 11. The van der Waals surface area contributed by atoms with E-state index in [1.807, 2.05) is 0 Å². The van der Waals surface area contributed by atoms with Crippen LogP contribution in [0.15, 0.2) is 41.8 Å². The quantitative estimate of drug-likeness (QED) is 0.404. The number of amides is 2. The van der Waals surface area contributed by atoms with Crippen LogP contribution in [-0.4, -0.2) is 64.4 Å². The SMILES string of the molecule is C=CC(=O)NCCCN(C)S(=O)(=O)c1ccc(C(=O)NCCC2CCOCC2)cc1. The van der Waals surface area contributed by atoms with E-state index in [0.717, 1.165) is 32.5 Å². The number of ether oxygens (including phenoxy) is 1. The highest BCUT2D eigenvalue weighted by molar-refractivity contribution is 7.89. The van der Waals surface area contributed by atoms with E-state index in [1.54, 1.807) is 0 Å². The summed E-state index contributed by atoms with van der Waals surface area (Å²) in [6.45, 7) is 6.14. The number of sulfonamides is 1. The summed E-state index contributed by atoms with van der Waals surface area (Å²) in [6.07, 6.45) is 4.61. The molecule has 0 bridgehead atoms. The Morgan fingerprint density at radius 2 is 1.83 bits per heavy atom. The lowest BCUT2D eigenvalue weighted by molar-refractivity contribution is -0.116. The molecular weight excluding hydrogens is 406 g/mol. The van der Waals surface area contributed by atoms with Gasteiger partial charge in [-0.3, -0.25) is 9.59 Å². The fourth-order valence-electron chi connectivity index (χ4n) is 3.19. The van der Waals surface area contributed by atoms with Gasteiger partial charge < -0.3 is 15.4 Å². The van der Waals surface area contributed by atoms with Crippen LogP contribution in [0.3, 0.4) is 0 Å². The molecule has 0 aromatic heterocycles. The second kappa shape index (κ2) is 11.8. The van der Waals surface area contributed by atoms with Crippen molar-refractivity contribution in [2.75, 3.05) is 39.9 Å². The van der Waals surface area contributed by atoms with Gasteiger partial charge in [0.25, 0.3) is 5.91 Å². The Morgan fingerprint density at radius 3 is 2.47 bits per heavy atom. The molecule has 1 aliphatic rings. The van der Waals surface area contributed by atoms with Gasteiger partial charge in [-0.1, -0.05) is 6.58 Å². The van der Waals surface area contributed by atoms with Crippen LogP contribution in [0.25, 0.3) is 0 Å². The number of carbonyl (C=O) groups is 2. The molecule has 0 aliphatic carbocycles. The van der Waals surface area contributed by atoms with Crippen LogP contribution in [0.1, 0.15) is 36.0 Å². The predicted molar refractivity (Wildman–Crippen MR) is 115 cm³/mol. The molecule has 2 amide bonds. The van der Waals surface area contributed by atoms with Gasteiger partial charge in [0.15, 0.2) is 0 Å². The van der Waals surface area contributed by atoms with Crippen molar-refractivity contribution in [2.24, 2.45) is 5.92 Å². The minimum absolute atomic E-state index is 0.124. The summed E-state index contributed by atoms with van der Waals surface area (Å²) in [5.41, 5.74) is 0.427. The van der Waals surface area contributed by atoms with Crippen molar-refractivity contribution >= 4 is 21.8 Å². The molecule has 1 aromatic rings. The zero-order valence-electron chi connectivity index (χ0n) is 17.4. The highest BCUT2D eigenvalue weighted by Crippen LogP contribution is 2.18. The molecule has 166 valence electrons. The van der Waals surface area contributed by atoms with E-state index in [9.17, 15) is 18.0 Å². The lowest BCUT2D eigenvalue weighted by Gasteiger charge is -2.21. The van der Waals surface area contributed by atoms with E-state index in [2.05, 4.69) is 17.2 Å². The molecule has 1 aromatic carbocycles. The fraction of sp³-hybridized carbons (Fsp3) is 0.524. The second-order valence-electron chi connectivity index (χ2n) is 7.30. The minimum Gasteiger partial charge on any atom is -0.381 e. The predicted octanol–water partition coefficient (Wildman–Crippen LogP) is 1.55. The molecule has 0 radical (unpaired) electrons. The summed E-state index contributed by atoms with van der Waals surface area (Å²) in [5, 5.41) is 5.50. The molecule has 8 nitrogen and oxygen atoms in total. The highest BCUT2D eigenvalue weighted by Gasteiger charge is 2.21. The first-order valence-electron chi connectivity index (χ1n) is 10.2. The minimum atomic E-state index is -3.66. The van der Waals surface area contributed by atoms with Crippen molar-refractivity contribution in [3.63, 3.8) is 0 Å². The van der Waals surface area contributed by atoms with Crippen LogP contribution in [0.2, 0.25) is 0 Å². The maximum Gasteiger partial charge on any atom is 0.251 e. The number of benzene rings is 1. The summed E-state index contributed by atoms with van der Waals surface area (Å²) >= 11 is 0.